The molecule has 0 radical (unpaired) electrons. The molecule has 0 aromatic heterocycles. The molecule has 0 unspecified atom stereocenters. The van der Waals surface area contributed by atoms with Crippen LogP contribution < -0.4 is 10.2 Å². The van der Waals surface area contributed by atoms with Crippen molar-refractivity contribution in [3.63, 3.8) is 0 Å². The largest absolute Gasteiger partial charge is 0.371 e. The average molecular weight is 295 g/mol. The number of halogens is 1. The fourth-order valence-electron chi connectivity index (χ4n) is 2.49. The fraction of sp³-hybridized carbons (Fsp3) is 0.562. The van der Waals surface area contributed by atoms with E-state index in [0.717, 1.165) is 37.5 Å². The van der Waals surface area contributed by atoms with Crippen molar-refractivity contribution in [1.29, 1.82) is 0 Å². The molecule has 20 heavy (non-hydrogen) atoms. The molecule has 0 bridgehead atoms. The number of nitrogens with one attached hydrogen (secondary N) is 1. The van der Waals surface area contributed by atoms with Crippen LogP contribution in [0.15, 0.2) is 24.3 Å². The average Bonchev–Trinajstić information content (AvgIpc) is 2.93. The van der Waals surface area contributed by atoms with E-state index in [1.165, 1.54) is 5.69 Å². The van der Waals surface area contributed by atoms with Gasteiger partial charge in [-0.3, -0.25) is 4.79 Å². The lowest BCUT2D eigenvalue weighted by molar-refractivity contribution is -0.124. The van der Waals surface area contributed by atoms with Crippen LogP contribution in [0.2, 0.25) is 5.02 Å². The lowest BCUT2D eigenvalue weighted by atomic mass is 10.1. The number of nitrogens with zero attached hydrogens (tertiary/aromatic N) is 1. The maximum Gasteiger partial charge on any atom is 0.222 e. The van der Waals surface area contributed by atoms with Gasteiger partial charge in [-0.2, -0.15) is 0 Å². The Morgan fingerprint density at radius 1 is 1.45 bits per heavy atom. The van der Waals surface area contributed by atoms with Crippen molar-refractivity contribution >= 4 is 23.2 Å². The van der Waals surface area contributed by atoms with E-state index in [1.54, 1.807) is 0 Å². The van der Waals surface area contributed by atoms with E-state index in [-0.39, 0.29) is 11.8 Å². The molecule has 3 nitrogen and oxygen atoms in total. The van der Waals surface area contributed by atoms with Crippen LogP contribution in [-0.4, -0.2) is 25.5 Å². The summed E-state index contributed by atoms with van der Waals surface area (Å²) in [5, 5.41) is 3.84. The molecule has 1 aromatic carbocycles. The number of anilines is 1. The van der Waals surface area contributed by atoms with Crippen molar-refractivity contribution in [2.24, 2.45) is 11.8 Å². The van der Waals surface area contributed by atoms with E-state index < -0.39 is 0 Å². The maximum atomic E-state index is 11.8. The smallest absolute Gasteiger partial charge is 0.222 e. The quantitative estimate of drug-likeness (QED) is 0.903. The molecule has 2 rings (SSSR count). The van der Waals surface area contributed by atoms with E-state index in [4.69, 9.17) is 11.6 Å². The van der Waals surface area contributed by atoms with Crippen molar-refractivity contribution in [2.75, 3.05) is 24.5 Å². The number of benzene rings is 1. The summed E-state index contributed by atoms with van der Waals surface area (Å²) in [4.78, 5) is 14.1. The Morgan fingerprint density at radius 2 is 2.15 bits per heavy atom. The van der Waals surface area contributed by atoms with E-state index in [1.807, 2.05) is 26.0 Å². The molecule has 110 valence electrons. The first-order valence-electron chi connectivity index (χ1n) is 7.38. The van der Waals surface area contributed by atoms with E-state index in [9.17, 15) is 4.79 Å². The van der Waals surface area contributed by atoms with Gasteiger partial charge in [-0.05, 0) is 43.0 Å². The van der Waals surface area contributed by atoms with Crippen LogP contribution in [0.25, 0.3) is 0 Å². The number of hydrogen-bond donors (Lipinski definition) is 1. The van der Waals surface area contributed by atoms with Gasteiger partial charge in [0.15, 0.2) is 0 Å². The Kier molecular flexibility index (Phi) is 5.30. The normalized spacial score (nSPS) is 19.9. The summed E-state index contributed by atoms with van der Waals surface area (Å²) < 4.78 is 0. The molecule has 4 heteroatoms. The van der Waals surface area contributed by atoms with Crippen LogP contribution >= 0.6 is 11.6 Å². The monoisotopic (exact) mass is 294 g/mol. The topological polar surface area (TPSA) is 32.3 Å². The Balaban J connectivity index is 1.80. The Labute approximate surface area is 126 Å². The Hall–Kier alpha value is -1.22. The SMILES string of the molecule is CC[C@H](C)C(=O)NC[C@@H]1CCN(c2ccc(Cl)cc2)C1. The lowest BCUT2D eigenvalue weighted by Gasteiger charge is -2.19. The van der Waals surface area contributed by atoms with Gasteiger partial charge in [0.2, 0.25) is 5.91 Å². The van der Waals surface area contributed by atoms with Gasteiger partial charge in [-0.25, -0.2) is 0 Å². The fourth-order valence-corrected chi connectivity index (χ4v) is 2.62. The summed E-state index contributed by atoms with van der Waals surface area (Å²) in [6, 6.07) is 7.97. The second-order valence-electron chi connectivity index (χ2n) is 5.63. The van der Waals surface area contributed by atoms with Crippen LogP contribution in [0.5, 0.6) is 0 Å². The van der Waals surface area contributed by atoms with Crippen LogP contribution in [0.1, 0.15) is 26.7 Å². The first kappa shape index (κ1) is 15.2. The Morgan fingerprint density at radius 3 is 2.80 bits per heavy atom. The molecule has 2 atom stereocenters. The van der Waals surface area contributed by atoms with Crippen LogP contribution in [0, 0.1) is 11.8 Å². The zero-order valence-electron chi connectivity index (χ0n) is 12.2. The molecule has 1 heterocycles. The summed E-state index contributed by atoms with van der Waals surface area (Å²) >= 11 is 5.91. The minimum Gasteiger partial charge on any atom is -0.371 e. The van der Waals surface area contributed by atoms with E-state index in [0.29, 0.717) is 5.92 Å². The summed E-state index contributed by atoms with van der Waals surface area (Å²) in [5.74, 6) is 0.833. The van der Waals surface area contributed by atoms with Crippen molar-refractivity contribution in [3.8, 4) is 0 Å². The second kappa shape index (κ2) is 6.98. The Bertz CT molecular complexity index is 446. The van der Waals surface area contributed by atoms with Gasteiger partial charge in [0.25, 0.3) is 0 Å². The second-order valence-corrected chi connectivity index (χ2v) is 6.07. The molecule has 1 amide bonds. The molecule has 1 aromatic rings. The zero-order valence-corrected chi connectivity index (χ0v) is 13.0. The first-order valence-corrected chi connectivity index (χ1v) is 7.76. The first-order chi connectivity index (χ1) is 9.60. The molecule has 1 aliphatic heterocycles. The number of hydrogen-bond acceptors (Lipinski definition) is 2. The molecule has 0 saturated carbocycles. The zero-order chi connectivity index (χ0) is 14.5. The predicted molar refractivity (Wildman–Crippen MR) is 84.2 cm³/mol. The standard InChI is InChI=1S/C16H23ClN2O/c1-3-12(2)16(20)18-10-13-8-9-19(11-13)15-6-4-14(17)5-7-15/h4-7,12-13H,3,8-11H2,1-2H3,(H,18,20)/t12-,13-/m0/s1. The van der Waals surface area contributed by atoms with Gasteiger partial charge in [0, 0.05) is 36.3 Å². The molecule has 1 N–H and O–H groups in total. The highest BCUT2D eigenvalue weighted by atomic mass is 35.5. The number of carbonyl (C=O) groups excluding carboxylic acids is 1. The van der Waals surface area contributed by atoms with Gasteiger partial charge in [-0.1, -0.05) is 25.4 Å². The van der Waals surface area contributed by atoms with Gasteiger partial charge < -0.3 is 10.2 Å². The molecular weight excluding hydrogens is 272 g/mol. The van der Waals surface area contributed by atoms with Crippen molar-refractivity contribution in [3.05, 3.63) is 29.3 Å². The highest BCUT2D eigenvalue weighted by molar-refractivity contribution is 6.30. The van der Waals surface area contributed by atoms with Crippen LogP contribution in [-0.2, 0) is 4.79 Å². The van der Waals surface area contributed by atoms with E-state index in [2.05, 4.69) is 22.3 Å². The third-order valence-electron chi connectivity index (χ3n) is 4.10. The summed E-state index contributed by atoms with van der Waals surface area (Å²) in [6.07, 6.45) is 2.02. The molecule has 1 fully saturated rings. The number of rotatable bonds is 5. The molecule has 1 aliphatic rings. The van der Waals surface area contributed by atoms with Crippen LogP contribution in [0.3, 0.4) is 0 Å². The molecule has 0 spiro atoms. The van der Waals surface area contributed by atoms with Crippen molar-refractivity contribution < 1.29 is 4.79 Å². The van der Waals surface area contributed by atoms with E-state index >= 15 is 0 Å². The molecular formula is C16H23ClN2O. The summed E-state index contributed by atoms with van der Waals surface area (Å²) in [7, 11) is 0. The molecule has 1 saturated heterocycles. The highest BCUT2D eigenvalue weighted by Gasteiger charge is 2.23. The highest BCUT2D eigenvalue weighted by Crippen LogP contribution is 2.24. The van der Waals surface area contributed by atoms with Crippen molar-refractivity contribution in [2.45, 2.75) is 26.7 Å². The summed E-state index contributed by atoms with van der Waals surface area (Å²) in [5.41, 5.74) is 1.21. The minimum absolute atomic E-state index is 0.115. The van der Waals surface area contributed by atoms with Crippen molar-refractivity contribution in [1.82, 2.24) is 5.32 Å². The third-order valence-corrected chi connectivity index (χ3v) is 4.35. The minimum atomic E-state index is 0.115. The number of amides is 1. The van der Waals surface area contributed by atoms with Gasteiger partial charge in [-0.15, -0.1) is 0 Å². The lowest BCUT2D eigenvalue weighted by Crippen LogP contribution is -2.34. The molecule has 0 aliphatic carbocycles. The third kappa shape index (κ3) is 3.89. The maximum absolute atomic E-state index is 11.8. The van der Waals surface area contributed by atoms with Gasteiger partial charge >= 0.3 is 0 Å². The summed E-state index contributed by atoms with van der Waals surface area (Å²) in [6.45, 7) is 6.85. The predicted octanol–water partition coefficient (Wildman–Crippen LogP) is 3.33. The van der Waals surface area contributed by atoms with Gasteiger partial charge in [0.05, 0.1) is 0 Å². The van der Waals surface area contributed by atoms with Crippen LogP contribution in [0.4, 0.5) is 5.69 Å². The number of carbonyl (C=O) groups is 1. The van der Waals surface area contributed by atoms with Gasteiger partial charge in [0.1, 0.15) is 0 Å².